The number of methoxy groups -OCH3 is 1. The Bertz CT molecular complexity index is 1400. The zero-order valence-electron chi connectivity index (χ0n) is 20.7. The fraction of sp³-hybridized carbons (Fsp3) is 0.280. The van der Waals surface area contributed by atoms with Crippen LogP contribution in [-0.2, 0) is 9.47 Å². The highest BCUT2D eigenvalue weighted by atomic mass is 32.1. The van der Waals surface area contributed by atoms with Crippen LogP contribution in [0.1, 0.15) is 0 Å². The Balaban J connectivity index is 1.27. The highest BCUT2D eigenvalue weighted by Crippen LogP contribution is 2.34. The standard InChI is InChI=1S/C25H23F2N5O6S/c1-37-25(34)31(17-4-2-16(26)3-5-17)21-15-30(24(33)38-21)18-6-7-20(19(27)14-18)28-10-12-29(13-11-28)22-8-9-23(39-22)32(35)36/h2-9,14,21H,10-13,15H2,1H3/t21-/m1/s1. The summed E-state index contributed by atoms with van der Waals surface area (Å²) < 4.78 is 38.8. The lowest BCUT2D eigenvalue weighted by Crippen LogP contribution is -2.46. The zero-order chi connectivity index (χ0) is 27.7. The largest absolute Gasteiger partial charge is 0.452 e. The number of ether oxygens (including phenoxy) is 2. The molecule has 2 aliphatic rings. The van der Waals surface area contributed by atoms with Gasteiger partial charge in [0, 0.05) is 32.2 Å². The van der Waals surface area contributed by atoms with Gasteiger partial charge in [-0.25, -0.2) is 23.3 Å². The van der Waals surface area contributed by atoms with Crippen LogP contribution in [0.2, 0.25) is 0 Å². The van der Waals surface area contributed by atoms with Crippen LogP contribution in [0.15, 0.2) is 54.6 Å². The van der Waals surface area contributed by atoms with Crippen molar-refractivity contribution in [3.63, 3.8) is 0 Å². The van der Waals surface area contributed by atoms with Gasteiger partial charge >= 0.3 is 17.2 Å². The fourth-order valence-electron chi connectivity index (χ4n) is 4.56. The number of nitrogens with zero attached hydrogens (tertiary/aromatic N) is 5. The molecule has 0 radical (unpaired) electrons. The third kappa shape index (κ3) is 5.27. The van der Waals surface area contributed by atoms with Crippen LogP contribution in [0.3, 0.4) is 0 Å². The summed E-state index contributed by atoms with van der Waals surface area (Å²) in [5.74, 6) is -1.03. The smallest absolute Gasteiger partial charge is 0.417 e. The minimum atomic E-state index is -1.08. The van der Waals surface area contributed by atoms with Crippen LogP contribution < -0.4 is 19.6 Å². The first-order chi connectivity index (χ1) is 18.7. The van der Waals surface area contributed by atoms with E-state index in [9.17, 15) is 24.1 Å². The number of anilines is 4. The van der Waals surface area contributed by atoms with Crippen molar-refractivity contribution in [2.75, 3.05) is 59.4 Å². The number of benzene rings is 2. The lowest BCUT2D eigenvalue weighted by Gasteiger charge is -2.36. The van der Waals surface area contributed by atoms with E-state index in [2.05, 4.69) is 0 Å². The molecule has 204 valence electrons. The lowest BCUT2D eigenvalue weighted by molar-refractivity contribution is -0.380. The van der Waals surface area contributed by atoms with Crippen molar-refractivity contribution in [2.24, 2.45) is 0 Å². The van der Waals surface area contributed by atoms with Crippen LogP contribution >= 0.6 is 11.3 Å². The second-order valence-corrected chi connectivity index (χ2v) is 9.78. The van der Waals surface area contributed by atoms with Crippen molar-refractivity contribution >= 4 is 50.6 Å². The van der Waals surface area contributed by atoms with E-state index in [-0.39, 0.29) is 22.9 Å². The first-order valence-electron chi connectivity index (χ1n) is 11.9. The summed E-state index contributed by atoms with van der Waals surface area (Å²) in [6, 6.07) is 12.6. The van der Waals surface area contributed by atoms with E-state index in [4.69, 9.17) is 9.47 Å². The molecule has 0 spiro atoms. The third-order valence-electron chi connectivity index (χ3n) is 6.49. The molecule has 11 nitrogen and oxygen atoms in total. The molecule has 0 N–H and O–H groups in total. The van der Waals surface area contributed by atoms with Crippen LogP contribution in [-0.4, -0.2) is 63.2 Å². The van der Waals surface area contributed by atoms with E-state index in [1.54, 1.807) is 18.2 Å². The second-order valence-electron chi connectivity index (χ2n) is 8.74. The summed E-state index contributed by atoms with van der Waals surface area (Å²) in [7, 11) is 1.17. The molecule has 2 aliphatic heterocycles. The number of cyclic esters (lactones) is 1. The predicted molar refractivity (Wildman–Crippen MR) is 141 cm³/mol. The van der Waals surface area contributed by atoms with Gasteiger partial charge in [0.1, 0.15) is 11.6 Å². The maximum atomic E-state index is 15.2. The lowest BCUT2D eigenvalue weighted by atomic mass is 10.2. The number of amides is 2. The Morgan fingerprint density at radius 2 is 1.77 bits per heavy atom. The van der Waals surface area contributed by atoms with Crippen molar-refractivity contribution in [1.82, 2.24) is 0 Å². The molecular formula is C25H23F2N5O6S. The van der Waals surface area contributed by atoms with E-state index in [0.29, 0.717) is 31.9 Å². The van der Waals surface area contributed by atoms with Gasteiger partial charge in [0.25, 0.3) is 0 Å². The molecule has 0 aliphatic carbocycles. The number of hydrogen-bond acceptors (Lipinski definition) is 9. The molecule has 14 heteroatoms. The van der Waals surface area contributed by atoms with E-state index in [0.717, 1.165) is 33.4 Å². The minimum Gasteiger partial charge on any atom is -0.452 e. The number of hydrogen-bond donors (Lipinski definition) is 0. The van der Waals surface area contributed by atoms with Gasteiger partial charge in [-0.05, 0) is 59.9 Å². The predicted octanol–water partition coefficient (Wildman–Crippen LogP) is 4.82. The molecule has 5 rings (SSSR count). The Kier molecular flexibility index (Phi) is 7.19. The van der Waals surface area contributed by atoms with Crippen molar-refractivity contribution < 1.29 is 32.8 Å². The number of thiophene rings is 1. The van der Waals surface area contributed by atoms with Crippen molar-refractivity contribution in [2.45, 2.75) is 6.23 Å². The summed E-state index contributed by atoms with van der Waals surface area (Å²) >= 11 is 1.10. The molecule has 2 fully saturated rings. The number of rotatable bonds is 6. The van der Waals surface area contributed by atoms with Gasteiger partial charge in [0.15, 0.2) is 0 Å². The third-order valence-corrected chi connectivity index (χ3v) is 7.59. The van der Waals surface area contributed by atoms with Crippen molar-refractivity contribution in [3.05, 3.63) is 76.3 Å². The van der Waals surface area contributed by atoms with Gasteiger partial charge in [-0.1, -0.05) is 0 Å². The van der Waals surface area contributed by atoms with Gasteiger partial charge in [-0.2, -0.15) is 0 Å². The molecule has 3 aromatic rings. The molecule has 2 amide bonds. The van der Waals surface area contributed by atoms with Crippen molar-refractivity contribution in [3.8, 4) is 0 Å². The Morgan fingerprint density at radius 3 is 2.38 bits per heavy atom. The highest BCUT2D eigenvalue weighted by molar-refractivity contribution is 7.19. The molecule has 0 unspecified atom stereocenters. The number of carbonyl (C=O) groups excluding carboxylic acids is 2. The Labute approximate surface area is 225 Å². The van der Waals surface area contributed by atoms with E-state index in [1.807, 2.05) is 9.80 Å². The topological polar surface area (TPSA) is 109 Å². The molecule has 1 aromatic heterocycles. The SMILES string of the molecule is COC(=O)N(c1ccc(F)cc1)[C@H]1CN(c2ccc(N3CCN(c4ccc([N+](=O)[O-])s4)CC3)c(F)c2)C(=O)O1. The number of halogens is 2. The summed E-state index contributed by atoms with van der Waals surface area (Å²) in [4.78, 5) is 41.9. The average Bonchev–Trinajstić information content (AvgIpc) is 3.57. The molecule has 3 heterocycles. The highest BCUT2D eigenvalue weighted by Gasteiger charge is 2.40. The fourth-order valence-corrected chi connectivity index (χ4v) is 5.43. The minimum absolute atomic E-state index is 0.0733. The molecule has 2 saturated heterocycles. The van der Waals surface area contributed by atoms with Crippen LogP contribution in [0.25, 0.3) is 0 Å². The Hall–Kier alpha value is -4.46. The van der Waals surface area contributed by atoms with E-state index >= 15 is 4.39 Å². The van der Waals surface area contributed by atoms with Gasteiger partial charge in [0.05, 0.1) is 40.6 Å². The molecule has 39 heavy (non-hydrogen) atoms. The summed E-state index contributed by atoms with van der Waals surface area (Å²) in [5.41, 5.74) is 0.875. The molecule has 0 saturated carbocycles. The monoisotopic (exact) mass is 559 g/mol. The number of nitro groups is 1. The van der Waals surface area contributed by atoms with Crippen LogP contribution in [0.4, 0.5) is 45.4 Å². The van der Waals surface area contributed by atoms with Crippen molar-refractivity contribution in [1.29, 1.82) is 0 Å². The van der Waals surface area contributed by atoms with Crippen LogP contribution in [0, 0.1) is 21.7 Å². The molecule has 2 aromatic carbocycles. The quantitative estimate of drug-likeness (QED) is 0.313. The summed E-state index contributed by atoms with van der Waals surface area (Å²) in [5, 5.41) is 11.8. The van der Waals surface area contributed by atoms with Crippen LogP contribution in [0.5, 0.6) is 0 Å². The Morgan fingerprint density at radius 1 is 1.08 bits per heavy atom. The first-order valence-corrected chi connectivity index (χ1v) is 12.7. The first kappa shape index (κ1) is 26.2. The summed E-state index contributed by atoms with van der Waals surface area (Å²) in [6.45, 7) is 2.02. The van der Waals surface area contributed by atoms with E-state index in [1.165, 1.54) is 36.3 Å². The van der Waals surface area contributed by atoms with Gasteiger partial charge < -0.3 is 19.3 Å². The van der Waals surface area contributed by atoms with E-state index < -0.39 is 35.0 Å². The van der Waals surface area contributed by atoms with Gasteiger partial charge in [0.2, 0.25) is 6.23 Å². The number of piperazine rings is 1. The summed E-state index contributed by atoms with van der Waals surface area (Å²) in [6.07, 6.45) is -2.67. The average molecular weight is 560 g/mol. The normalized spacial score (nSPS) is 17.3. The van der Waals surface area contributed by atoms with Gasteiger partial charge in [-0.3, -0.25) is 15.0 Å². The number of carbonyl (C=O) groups is 2. The maximum Gasteiger partial charge on any atom is 0.417 e. The molecule has 0 bridgehead atoms. The second kappa shape index (κ2) is 10.7. The molecule has 1 atom stereocenters. The zero-order valence-corrected chi connectivity index (χ0v) is 21.5. The van der Waals surface area contributed by atoms with Gasteiger partial charge in [-0.15, -0.1) is 0 Å². The maximum absolute atomic E-state index is 15.2. The molecular weight excluding hydrogens is 536 g/mol.